The highest BCUT2D eigenvalue weighted by Crippen LogP contribution is 2.37. The molecule has 0 aromatic carbocycles. The molecule has 0 spiro atoms. The standard InChI is InChI=1S/C12H17ClN2O3S/c1-2-3-6-14-12(16)11-7-10(19(13,17)18)8-15(11)9-4-5-9/h7-9H,2-6H2,1H3,(H,14,16). The van der Waals surface area contributed by atoms with Gasteiger partial charge in [0, 0.05) is 29.5 Å². The van der Waals surface area contributed by atoms with Gasteiger partial charge in [0.25, 0.3) is 15.0 Å². The molecule has 106 valence electrons. The van der Waals surface area contributed by atoms with Crippen LogP contribution in [-0.2, 0) is 9.05 Å². The predicted molar refractivity (Wildman–Crippen MR) is 73.0 cm³/mol. The van der Waals surface area contributed by atoms with Gasteiger partial charge in [-0.15, -0.1) is 0 Å². The predicted octanol–water partition coefficient (Wildman–Crippen LogP) is 2.28. The first-order chi connectivity index (χ1) is 8.93. The number of hydrogen-bond donors (Lipinski definition) is 1. The molecule has 1 heterocycles. The Morgan fingerprint density at radius 1 is 1.53 bits per heavy atom. The van der Waals surface area contributed by atoms with E-state index in [1.54, 1.807) is 4.57 Å². The smallest absolute Gasteiger partial charge is 0.267 e. The van der Waals surface area contributed by atoms with Crippen LogP contribution in [0.4, 0.5) is 0 Å². The molecule has 5 nitrogen and oxygen atoms in total. The number of rotatable bonds is 6. The molecule has 0 unspecified atom stereocenters. The van der Waals surface area contributed by atoms with Gasteiger partial charge in [-0.1, -0.05) is 13.3 Å². The lowest BCUT2D eigenvalue weighted by Gasteiger charge is -2.07. The lowest BCUT2D eigenvalue weighted by Crippen LogP contribution is -2.26. The average molecular weight is 305 g/mol. The van der Waals surface area contributed by atoms with E-state index < -0.39 is 9.05 Å². The molecule has 1 aromatic heterocycles. The molecule has 1 aliphatic rings. The fourth-order valence-corrected chi connectivity index (χ4v) is 2.64. The Morgan fingerprint density at radius 3 is 2.74 bits per heavy atom. The van der Waals surface area contributed by atoms with Crippen LogP contribution < -0.4 is 5.32 Å². The molecule has 19 heavy (non-hydrogen) atoms. The van der Waals surface area contributed by atoms with Crippen LogP contribution in [0.2, 0.25) is 0 Å². The first kappa shape index (κ1) is 14.4. The minimum atomic E-state index is -3.80. The Kier molecular flexibility index (Phi) is 4.20. The van der Waals surface area contributed by atoms with Gasteiger partial charge in [-0.2, -0.15) is 0 Å². The zero-order valence-electron chi connectivity index (χ0n) is 10.7. The Bertz CT molecular complexity index is 576. The molecule has 0 radical (unpaired) electrons. The van der Waals surface area contributed by atoms with Crippen LogP contribution >= 0.6 is 10.7 Å². The number of halogens is 1. The highest BCUT2D eigenvalue weighted by atomic mass is 35.7. The molecule has 2 rings (SSSR count). The lowest BCUT2D eigenvalue weighted by atomic mass is 10.3. The molecule has 0 atom stereocenters. The summed E-state index contributed by atoms with van der Waals surface area (Å²) in [5.41, 5.74) is 0.373. The maximum absolute atomic E-state index is 12.0. The van der Waals surface area contributed by atoms with Gasteiger partial charge in [0.15, 0.2) is 0 Å². The van der Waals surface area contributed by atoms with E-state index in [1.165, 1.54) is 12.3 Å². The monoisotopic (exact) mass is 304 g/mol. The number of nitrogens with one attached hydrogen (secondary N) is 1. The molecule has 1 saturated carbocycles. The molecule has 1 fully saturated rings. The van der Waals surface area contributed by atoms with Gasteiger partial charge < -0.3 is 9.88 Å². The van der Waals surface area contributed by atoms with Crippen molar-refractivity contribution in [2.75, 3.05) is 6.54 Å². The van der Waals surface area contributed by atoms with Gasteiger partial charge in [0.1, 0.15) is 10.6 Å². The normalized spacial score (nSPS) is 15.5. The van der Waals surface area contributed by atoms with Crippen molar-refractivity contribution in [3.8, 4) is 0 Å². The molecular formula is C12H17ClN2O3S. The van der Waals surface area contributed by atoms with E-state index in [4.69, 9.17) is 10.7 Å². The molecule has 0 aliphatic heterocycles. The fourth-order valence-electron chi connectivity index (χ4n) is 1.89. The molecule has 7 heteroatoms. The minimum Gasteiger partial charge on any atom is -0.351 e. The van der Waals surface area contributed by atoms with Crippen LogP contribution in [0.5, 0.6) is 0 Å². The highest BCUT2D eigenvalue weighted by molar-refractivity contribution is 8.13. The van der Waals surface area contributed by atoms with Crippen molar-refractivity contribution in [1.29, 1.82) is 0 Å². The van der Waals surface area contributed by atoms with Crippen molar-refractivity contribution in [1.82, 2.24) is 9.88 Å². The van der Waals surface area contributed by atoms with Gasteiger partial charge >= 0.3 is 0 Å². The van der Waals surface area contributed by atoms with Gasteiger partial charge in [0.05, 0.1) is 0 Å². The Labute approximate surface area is 117 Å². The summed E-state index contributed by atoms with van der Waals surface area (Å²) in [6.07, 6.45) is 5.27. The van der Waals surface area contributed by atoms with Crippen molar-refractivity contribution in [3.63, 3.8) is 0 Å². The number of hydrogen-bond acceptors (Lipinski definition) is 3. The van der Waals surface area contributed by atoms with E-state index in [2.05, 4.69) is 5.32 Å². The maximum atomic E-state index is 12.0. The van der Waals surface area contributed by atoms with Gasteiger partial charge in [0.2, 0.25) is 0 Å². The summed E-state index contributed by atoms with van der Waals surface area (Å²) in [6.45, 7) is 2.63. The third kappa shape index (κ3) is 3.51. The number of carbonyl (C=O) groups excluding carboxylic acids is 1. The van der Waals surface area contributed by atoms with Crippen molar-refractivity contribution in [2.45, 2.75) is 43.5 Å². The van der Waals surface area contributed by atoms with Gasteiger partial charge in [-0.3, -0.25) is 4.79 Å². The fraction of sp³-hybridized carbons (Fsp3) is 0.583. The maximum Gasteiger partial charge on any atom is 0.267 e. The first-order valence-corrected chi connectivity index (χ1v) is 8.69. The number of amides is 1. The van der Waals surface area contributed by atoms with Gasteiger partial charge in [-0.05, 0) is 25.3 Å². The van der Waals surface area contributed by atoms with Crippen molar-refractivity contribution < 1.29 is 13.2 Å². The van der Waals surface area contributed by atoms with Crippen LogP contribution in [0.1, 0.15) is 49.1 Å². The number of aromatic nitrogens is 1. The van der Waals surface area contributed by atoms with Crippen LogP contribution in [0, 0.1) is 0 Å². The highest BCUT2D eigenvalue weighted by Gasteiger charge is 2.29. The van der Waals surface area contributed by atoms with Crippen LogP contribution in [-0.4, -0.2) is 25.4 Å². The van der Waals surface area contributed by atoms with E-state index >= 15 is 0 Å². The Balaban J connectivity index is 2.23. The van der Waals surface area contributed by atoms with E-state index in [-0.39, 0.29) is 16.8 Å². The van der Waals surface area contributed by atoms with Gasteiger partial charge in [-0.25, -0.2) is 8.42 Å². The summed E-state index contributed by atoms with van der Waals surface area (Å²) in [7, 11) is 1.53. The molecule has 0 bridgehead atoms. The van der Waals surface area contributed by atoms with E-state index in [0.717, 1.165) is 25.7 Å². The van der Waals surface area contributed by atoms with Crippen molar-refractivity contribution >= 4 is 25.6 Å². The molecule has 1 aliphatic carbocycles. The zero-order chi connectivity index (χ0) is 14.0. The largest absolute Gasteiger partial charge is 0.351 e. The summed E-state index contributed by atoms with van der Waals surface area (Å²) < 4.78 is 24.4. The second-order valence-corrected chi connectivity index (χ2v) is 7.31. The number of carbonyl (C=O) groups is 1. The van der Waals surface area contributed by atoms with Crippen LogP contribution in [0.25, 0.3) is 0 Å². The first-order valence-electron chi connectivity index (χ1n) is 6.38. The summed E-state index contributed by atoms with van der Waals surface area (Å²) in [4.78, 5) is 12.0. The number of unbranched alkanes of at least 4 members (excludes halogenated alkanes) is 1. The Hall–Kier alpha value is -1.01. The molecular weight excluding hydrogens is 288 g/mol. The third-order valence-electron chi connectivity index (χ3n) is 3.09. The number of nitrogens with zero attached hydrogens (tertiary/aromatic N) is 1. The second kappa shape index (κ2) is 5.54. The average Bonchev–Trinajstić information content (AvgIpc) is 3.06. The molecule has 1 N–H and O–H groups in total. The zero-order valence-corrected chi connectivity index (χ0v) is 12.3. The Morgan fingerprint density at radius 2 is 2.21 bits per heavy atom. The minimum absolute atomic E-state index is 0.0123. The quantitative estimate of drug-likeness (QED) is 0.647. The molecule has 1 amide bonds. The topological polar surface area (TPSA) is 68.2 Å². The molecule has 0 saturated heterocycles. The van der Waals surface area contributed by atoms with E-state index in [0.29, 0.717) is 12.2 Å². The summed E-state index contributed by atoms with van der Waals surface area (Å²) in [5.74, 6) is -0.244. The van der Waals surface area contributed by atoms with E-state index in [1.807, 2.05) is 6.92 Å². The molecule has 1 aromatic rings. The SMILES string of the molecule is CCCCNC(=O)c1cc(S(=O)(=O)Cl)cn1C1CC1. The third-order valence-corrected chi connectivity index (χ3v) is 4.41. The second-order valence-electron chi connectivity index (χ2n) is 4.75. The van der Waals surface area contributed by atoms with Crippen LogP contribution in [0.3, 0.4) is 0 Å². The summed E-state index contributed by atoms with van der Waals surface area (Å²) in [6, 6.07) is 1.57. The van der Waals surface area contributed by atoms with Crippen molar-refractivity contribution in [2.24, 2.45) is 0 Å². The summed E-state index contributed by atoms with van der Waals surface area (Å²) >= 11 is 0. The van der Waals surface area contributed by atoms with Crippen LogP contribution in [0.15, 0.2) is 17.2 Å². The summed E-state index contributed by atoms with van der Waals surface area (Å²) in [5, 5.41) is 2.79. The lowest BCUT2D eigenvalue weighted by molar-refractivity contribution is 0.0943. The van der Waals surface area contributed by atoms with Crippen molar-refractivity contribution in [3.05, 3.63) is 18.0 Å². The van der Waals surface area contributed by atoms with E-state index in [9.17, 15) is 13.2 Å².